The van der Waals surface area contributed by atoms with Gasteiger partial charge in [0, 0.05) is 31.4 Å². The van der Waals surface area contributed by atoms with E-state index in [2.05, 4.69) is 10.4 Å². The fraction of sp³-hybridized carbons (Fsp3) is 0.238. The van der Waals surface area contributed by atoms with Gasteiger partial charge in [-0.3, -0.25) is 23.9 Å². The van der Waals surface area contributed by atoms with Crippen molar-refractivity contribution in [3.8, 4) is 0 Å². The molecular weight excluding hydrogens is 434 g/mol. The summed E-state index contributed by atoms with van der Waals surface area (Å²) >= 11 is 0. The van der Waals surface area contributed by atoms with Gasteiger partial charge in [-0.2, -0.15) is 5.10 Å². The molecule has 0 saturated heterocycles. The molecule has 0 aliphatic rings. The standard InChI is InChI=1S/C21H23N5O5S/c1-5-15-8-9-16(12-19(15)26(28)29)23-20(27)18-13-22-24(3)21(18)25(4)32(30,31)17-10-6-14(2)7-11-17/h6-13H,5H2,1-4H3,(H,23,27). The van der Waals surface area contributed by atoms with Gasteiger partial charge in [0.25, 0.3) is 21.6 Å². The number of hydrogen-bond donors (Lipinski definition) is 1. The molecule has 1 heterocycles. The van der Waals surface area contributed by atoms with E-state index >= 15 is 0 Å². The summed E-state index contributed by atoms with van der Waals surface area (Å²) in [7, 11) is -1.09. The second-order valence-electron chi connectivity index (χ2n) is 7.20. The van der Waals surface area contributed by atoms with Crippen LogP contribution in [0, 0.1) is 17.0 Å². The molecule has 11 heteroatoms. The van der Waals surface area contributed by atoms with Gasteiger partial charge in [0.1, 0.15) is 5.56 Å². The molecule has 3 rings (SSSR count). The number of carbonyl (C=O) groups is 1. The third-order valence-corrected chi connectivity index (χ3v) is 6.81. The molecule has 168 valence electrons. The number of nitrogens with zero attached hydrogens (tertiary/aromatic N) is 4. The lowest BCUT2D eigenvalue weighted by Crippen LogP contribution is -2.30. The van der Waals surface area contributed by atoms with E-state index in [4.69, 9.17) is 0 Å². The maximum absolute atomic E-state index is 13.1. The molecule has 2 aromatic carbocycles. The maximum Gasteiger partial charge on any atom is 0.274 e. The Morgan fingerprint density at radius 1 is 1.22 bits per heavy atom. The summed E-state index contributed by atoms with van der Waals surface area (Å²) in [6.07, 6.45) is 1.72. The predicted molar refractivity (Wildman–Crippen MR) is 120 cm³/mol. The Kier molecular flexibility index (Phi) is 6.30. The van der Waals surface area contributed by atoms with Crippen LogP contribution in [0.5, 0.6) is 0 Å². The number of anilines is 2. The molecule has 1 aromatic heterocycles. The normalized spacial score (nSPS) is 11.2. The van der Waals surface area contributed by atoms with Crippen molar-refractivity contribution in [3.63, 3.8) is 0 Å². The van der Waals surface area contributed by atoms with E-state index in [1.165, 1.54) is 43.2 Å². The van der Waals surface area contributed by atoms with Gasteiger partial charge in [-0.05, 0) is 31.5 Å². The van der Waals surface area contributed by atoms with Crippen molar-refractivity contribution in [3.05, 3.63) is 75.5 Å². The molecule has 0 fully saturated rings. The highest BCUT2D eigenvalue weighted by atomic mass is 32.2. The van der Waals surface area contributed by atoms with E-state index in [9.17, 15) is 23.3 Å². The SMILES string of the molecule is CCc1ccc(NC(=O)c2cnn(C)c2N(C)S(=O)(=O)c2ccc(C)cc2)cc1[N+](=O)[O-]. The molecule has 0 unspecified atom stereocenters. The molecule has 1 amide bonds. The van der Waals surface area contributed by atoms with E-state index in [1.54, 1.807) is 31.2 Å². The number of amides is 1. The van der Waals surface area contributed by atoms with Crippen molar-refractivity contribution in [2.75, 3.05) is 16.7 Å². The zero-order valence-electron chi connectivity index (χ0n) is 18.1. The fourth-order valence-corrected chi connectivity index (χ4v) is 4.50. The Morgan fingerprint density at radius 3 is 2.47 bits per heavy atom. The molecule has 0 spiro atoms. The van der Waals surface area contributed by atoms with Crippen LogP contribution in [0.25, 0.3) is 0 Å². The van der Waals surface area contributed by atoms with Gasteiger partial charge in [-0.15, -0.1) is 0 Å². The van der Waals surface area contributed by atoms with Crippen LogP contribution in [0.4, 0.5) is 17.2 Å². The number of nitro groups is 1. The number of nitrogens with one attached hydrogen (secondary N) is 1. The average Bonchev–Trinajstić information content (AvgIpc) is 3.14. The van der Waals surface area contributed by atoms with Crippen LogP contribution in [0.15, 0.2) is 53.6 Å². The third kappa shape index (κ3) is 4.33. The topological polar surface area (TPSA) is 127 Å². The summed E-state index contributed by atoms with van der Waals surface area (Å²) in [6, 6.07) is 10.8. The van der Waals surface area contributed by atoms with Crippen LogP contribution in [0.1, 0.15) is 28.4 Å². The van der Waals surface area contributed by atoms with Crippen LogP contribution in [-0.2, 0) is 23.5 Å². The highest BCUT2D eigenvalue weighted by Crippen LogP contribution is 2.28. The largest absolute Gasteiger partial charge is 0.322 e. The van der Waals surface area contributed by atoms with Crippen LogP contribution >= 0.6 is 0 Å². The van der Waals surface area contributed by atoms with E-state index < -0.39 is 20.9 Å². The van der Waals surface area contributed by atoms with Crippen LogP contribution < -0.4 is 9.62 Å². The maximum atomic E-state index is 13.1. The Balaban J connectivity index is 1.95. The third-order valence-electron chi connectivity index (χ3n) is 5.05. The number of hydrogen-bond acceptors (Lipinski definition) is 6. The Hall–Kier alpha value is -3.73. The van der Waals surface area contributed by atoms with Crippen molar-refractivity contribution < 1.29 is 18.1 Å². The van der Waals surface area contributed by atoms with E-state index in [1.807, 2.05) is 6.92 Å². The number of benzene rings is 2. The zero-order valence-corrected chi connectivity index (χ0v) is 18.9. The van der Waals surface area contributed by atoms with Crippen molar-refractivity contribution in [1.82, 2.24) is 9.78 Å². The Morgan fingerprint density at radius 2 is 1.88 bits per heavy atom. The molecule has 0 atom stereocenters. The molecule has 0 aliphatic heterocycles. The summed E-state index contributed by atoms with van der Waals surface area (Å²) in [4.78, 5) is 23.8. The minimum atomic E-state index is -3.95. The van der Waals surface area contributed by atoms with Crippen LogP contribution in [0.2, 0.25) is 0 Å². The number of carbonyl (C=O) groups excluding carboxylic acids is 1. The van der Waals surface area contributed by atoms with Gasteiger partial charge in [-0.25, -0.2) is 8.42 Å². The fourth-order valence-electron chi connectivity index (χ4n) is 3.26. The monoisotopic (exact) mass is 457 g/mol. The molecule has 3 aromatic rings. The van der Waals surface area contributed by atoms with Crippen LogP contribution in [0.3, 0.4) is 0 Å². The quantitative estimate of drug-likeness (QED) is 0.428. The summed E-state index contributed by atoms with van der Waals surface area (Å²) in [5.74, 6) is -0.583. The minimum absolute atomic E-state index is 0.00732. The van der Waals surface area contributed by atoms with Gasteiger partial charge < -0.3 is 5.32 Å². The summed E-state index contributed by atoms with van der Waals surface area (Å²) < 4.78 is 28.5. The van der Waals surface area contributed by atoms with E-state index in [-0.39, 0.29) is 27.7 Å². The predicted octanol–water partition coefficient (Wildman–Crippen LogP) is 3.28. The molecule has 1 N–H and O–H groups in total. The van der Waals surface area contributed by atoms with Crippen LogP contribution in [-0.4, -0.2) is 36.1 Å². The van der Waals surface area contributed by atoms with Crippen molar-refractivity contribution in [2.24, 2.45) is 7.05 Å². The number of sulfonamides is 1. The first-order valence-corrected chi connectivity index (χ1v) is 11.2. The summed E-state index contributed by atoms with van der Waals surface area (Å²) in [5, 5.41) is 17.9. The molecule has 0 radical (unpaired) electrons. The van der Waals surface area contributed by atoms with Gasteiger partial charge in [-0.1, -0.05) is 30.7 Å². The number of aromatic nitrogens is 2. The van der Waals surface area contributed by atoms with E-state index in [0.29, 0.717) is 12.0 Å². The number of rotatable bonds is 7. The second-order valence-corrected chi connectivity index (χ2v) is 9.17. The molecule has 0 bridgehead atoms. The van der Waals surface area contributed by atoms with Gasteiger partial charge in [0.05, 0.1) is 16.0 Å². The lowest BCUT2D eigenvalue weighted by Gasteiger charge is -2.21. The number of aryl methyl sites for hydroxylation is 3. The van der Waals surface area contributed by atoms with Crippen molar-refractivity contribution >= 4 is 33.1 Å². The van der Waals surface area contributed by atoms with Gasteiger partial charge in [0.2, 0.25) is 0 Å². The van der Waals surface area contributed by atoms with Gasteiger partial charge >= 0.3 is 0 Å². The average molecular weight is 458 g/mol. The smallest absolute Gasteiger partial charge is 0.274 e. The summed E-state index contributed by atoms with van der Waals surface area (Å²) in [5.41, 5.74) is 1.58. The molecule has 0 saturated carbocycles. The zero-order chi connectivity index (χ0) is 23.6. The minimum Gasteiger partial charge on any atom is -0.322 e. The lowest BCUT2D eigenvalue weighted by atomic mass is 10.1. The molecular formula is C21H23N5O5S. The van der Waals surface area contributed by atoms with Crippen molar-refractivity contribution in [2.45, 2.75) is 25.2 Å². The van der Waals surface area contributed by atoms with Crippen molar-refractivity contribution in [1.29, 1.82) is 0 Å². The molecule has 10 nitrogen and oxygen atoms in total. The molecule has 32 heavy (non-hydrogen) atoms. The first kappa shape index (κ1) is 22.9. The lowest BCUT2D eigenvalue weighted by molar-refractivity contribution is -0.385. The first-order chi connectivity index (χ1) is 15.1. The number of nitro benzene ring substituents is 1. The van der Waals surface area contributed by atoms with E-state index in [0.717, 1.165) is 9.87 Å². The molecule has 0 aliphatic carbocycles. The summed E-state index contributed by atoms with van der Waals surface area (Å²) in [6.45, 7) is 3.65. The highest BCUT2D eigenvalue weighted by Gasteiger charge is 2.29. The Bertz CT molecular complexity index is 1280. The van der Waals surface area contributed by atoms with Gasteiger partial charge in [0.15, 0.2) is 5.82 Å². The second kappa shape index (κ2) is 8.79. The Labute approximate surface area is 185 Å². The first-order valence-electron chi connectivity index (χ1n) is 9.72. The highest BCUT2D eigenvalue weighted by molar-refractivity contribution is 7.92.